The van der Waals surface area contributed by atoms with Crippen molar-refractivity contribution in [2.24, 2.45) is 0 Å². The van der Waals surface area contributed by atoms with Gasteiger partial charge in [0.05, 0.1) is 20.6 Å². The van der Waals surface area contributed by atoms with Crippen molar-refractivity contribution in [1.82, 2.24) is 5.32 Å². The highest BCUT2D eigenvalue weighted by molar-refractivity contribution is 5.91. The number of quaternary nitrogens is 1. The molecule has 0 bridgehead atoms. The molecule has 31 heavy (non-hydrogen) atoms. The van der Waals surface area contributed by atoms with E-state index in [2.05, 4.69) is 63.2 Å². The summed E-state index contributed by atoms with van der Waals surface area (Å²) in [7, 11) is 4.75. The molecule has 1 atom stereocenters. The van der Waals surface area contributed by atoms with Crippen LogP contribution >= 0.6 is 0 Å². The Labute approximate surface area is 192 Å². The van der Waals surface area contributed by atoms with Gasteiger partial charge in [0.15, 0.2) is 0 Å². The summed E-state index contributed by atoms with van der Waals surface area (Å²) in [5, 5.41) is 2.98. The van der Waals surface area contributed by atoms with Crippen LogP contribution in [0.15, 0.2) is 42.5 Å². The molecule has 1 aromatic rings. The third kappa shape index (κ3) is 12.1. The molecule has 0 saturated carbocycles. The zero-order valence-electron chi connectivity index (χ0n) is 20.9. The fraction of sp³-hybridized carbons (Fsp3) is 0.679. The summed E-state index contributed by atoms with van der Waals surface area (Å²) in [5.41, 5.74) is 1.99. The number of amides is 1. The first-order chi connectivity index (χ1) is 14.9. The average Bonchev–Trinajstić information content (AvgIpc) is 2.75. The number of carbonyl (C=O) groups is 1. The summed E-state index contributed by atoms with van der Waals surface area (Å²) in [6, 6.07) is 11.4. The van der Waals surface area contributed by atoms with E-state index in [4.69, 9.17) is 0 Å². The van der Waals surface area contributed by atoms with Gasteiger partial charge in [0.2, 0.25) is 5.91 Å². The number of unbranched alkanes of at least 4 members (excludes halogenated alkanes) is 9. The van der Waals surface area contributed by atoms with E-state index in [1.807, 2.05) is 0 Å². The maximum atomic E-state index is 11.8. The lowest BCUT2D eigenvalue weighted by atomic mass is 9.98. The first-order valence-electron chi connectivity index (χ1n) is 12.7. The van der Waals surface area contributed by atoms with Crippen LogP contribution in [0.1, 0.15) is 103 Å². The normalized spacial score (nSPS) is 12.5. The van der Waals surface area contributed by atoms with Gasteiger partial charge in [0.1, 0.15) is 6.04 Å². The number of nitrogens with one attached hydrogen (secondary N) is 1. The van der Waals surface area contributed by atoms with E-state index in [-0.39, 0.29) is 5.91 Å². The maximum absolute atomic E-state index is 11.8. The summed E-state index contributed by atoms with van der Waals surface area (Å²) in [4.78, 5) is 11.8. The van der Waals surface area contributed by atoms with Gasteiger partial charge in [0.25, 0.3) is 0 Å². The first-order valence-corrected chi connectivity index (χ1v) is 12.7. The molecule has 1 rings (SSSR count). The first kappa shape index (κ1) is 27.4. The third-order valence-corrected chi connectivity index (χ3v) is 6.44. The van der Waals surface area contributed by atoms with Crippen LogP contribution < -0.4 is 5.32 Å². The second-order valence-corrected chi connectivity index (χ2v) is 9.79. The van der Waals surface area contributed by atoms with Crippen molar-refractivity contribution in [3.63, 3.8) is 0 Å². The fourth-order valence-electron chi connectivity index (χ4n) is 4.41. The van der Waals surface area contributed by atoms with Crippen LogP contribution in [0, 0.1) is 0 Å². The minimum absolute atomic E-state index is 0.0321. The Balaban J connectivity index is 2.42. The minimum Gasteiger partial charge on any atom is -0.352 e. The van der Waals surface area contributed by atoms with Crippen LogP contribution in [0.5, 0.6) is 0 Å². The molecule has 0 heterocycles. The summed E-state index contributed by atoms with van der Waals surface area (Å²) in [6.45, 7) is 9.68. The van der Waals surface area contributed by atoms with Crippen molar-refractivity contribution >= 4 is 5.91 Å². The van der Waals surface area contributed by atoms with Crippen molar-refractivity contribution < 1.29 is 9.28 Å². The zero-order valence-corrected chi connectivity index (χ0v) is 20.9. The Morgan fingerprint density at radius 1 is 0.903 bits per heavy atom. The third-order valence-electron chi connectivity index (χ3n) is 6.44. The highest BCUT2D eigenvalue weighted by atomic mass is 16.1. The monoisotopic (exact) mass is 429 g/mol. The van der Waals surface area contributed by atoms with Crippen LogP contribution in [0.25, 0.3) is 0 Å². The number of nitrogens with zero attached hydrogens (tertiary/aromatic N) is 1. The van der Waals surface area contributed by atoms with E-state index in [1.54, 1.807) is 6.92 Å². The van der Waals surface area contributed by atoms with Crippen LogP contribution in [-0.2, 0) is 4.79 Å². The van der Waals surface area contributed by atoms with E-state index in [1.165, 1.54) is 76.3 Å². The Morgan fingerprint density at radius 3 is 2.00 bits per heavy atom. The van der Waals surface area contributed by atoms with Gasteiger partial charge in [-0.25, -0.2) is 0 Å². The molecule has 1 unspecified atom stereocenters. The van der Waals surface area contributed by atoms with E-state index >= 15 is 0 Å². The predicted octanol–water partition coefficient (Wildman–Crippen LogP) is 7.20. The molecule has 0 fully saturated rings. The lowest BCUT2D eigenvalue weighted by Gasteiger charge is -2.39. The molecule has 0 spiro atoms. The van der Waals surface area contributed by atoms with Gasteiger partial charge in [-0.2, -0.15) is 0 Å². The van der Waals surface area contributed by atoms with Crippen LogP contribution in [-0.4, -0.2) is 37.6 Å². The van der Waals surface area contributed by atoms with E-state index < -0.39 is 0 Å². The summed E-state index contributed by atoms with van der Waals surface area (Å²) in [6.07, 6.45) is 15.8. The lowest BCUT2D eigenvalue weighted by molar-refractivity contribution is -0.921. The lowest BCUT2D eigenvalue weighted by Crippen LogP contribution is -2.44. The molecule has 3 nitrogen and oxygen atoms in total. The van der Waals surface area contributed by atoms with Gasteiger partial charge in [-0.1, -0.05) is 95.2 Å². The largest absolute Gasteiger partial charge is 0.352 e. The second kappa shape index (κ2) is 16.1. The quantitative estimate of drug-likeness (QED) is 0.149. The number of rotatable bonds is 18. The molecule has 0 aliphatic rings. The standard InChI is InChI=1S/C28H48N2O/c1-6-7-8-9-10-11-12-13-14-18-24-30(4,5)27(26-20-16-15-17-21-26)22-19-23-29-28(31)25(2)3/h15-17,20-21,27H,2,6-14,18-19,22-24H2,1,3-5H3/p+1. The molecule has 3 heteroatoms. The van der Waals surface area contributed by atoms with Gasteiger partial charge >= 0.3 is 0 Å². The summed E-state index contributed by atoms with van der Waals surface area (Å²) >= 11 is 0. The highest BCUT2D eigenvalue weighted by Gasteiger charge is 2.28. The van der Waals surface area contributed by atoms with Crippen LogP contribution in [0.4, 0.5) is 0 Å². The van der Waals surface area contributed by atoms with Crippen molar-refractivity contribution in [2.75, 3.05) is 27.2 Å². The molecule has 0 aliphatic carbocycles. The molecule has 0 saturated heterocycles. The van der Waals surface area contributed by atoms with E-state index in [0.29, 0.717) is 18.2 Å². The fourth-order valence-corrected chi connectivity index (χ4v) is 4.41. The Morgan fingerprint density at radius 2 is 1.45 bits per heavy atom. The topological polar surface area (TPSA) is 29.1 Å². The SMILES string of the molecule is C=C(C)C(=O)NCCCC(c1ccccc1)[N+](C)(C)CCCCCCCCCCCC. The van der Waals surface area contributed by atoms with Crippen molar-refractivity contribution in [1.29, 1.82) is 0 Å². The van der Waals surface area contributed by atoms with Gasteiger partial charge in [-0.3, -0.25) is 4.79 Å². The molecular weight excluding hydrogens is 380 g/mol. The number of benzene rings is 1. The minimum atomic E-state index is -0.0321. The van der Waals surface area contributed by atoms with Gasteiger partial charge in [0, 0.05) is 24.1 Å². The highest BCUT2D eigenvalue weighted by Crippen LogP contribution is 2.30. The Bertz CT molecular complexity index is 609. The maximum Gasteiger partial charge on any atom is 0.246 e. The molecular formula is C28H49N2O+. The van der Waals surface area contributed by atoms with Gasteiger partial charge < -0.3 is 9.80 Å². The Kier molecular flexibility index (Phi) is 14.2. The van der Waals surface area contributed by atoms with Crippen molar-refractivity contribution in [2.45, 2.75) is 96.9 Å². The van der Waals surface area contributed by atoms with Crippen molar-refractivity contribution in [3.05, 3.63) is 48.0 Å². The summed E-state index contributed by atoms with van der Waals surface area (Å²) in [5.74, 6) is -0.0321. The average molecular weight is 430 g/mol. The van der Waals surface area contributed by atoms with Crippen LogP contribution in [0.3, 0.4) is 0 Å². The van der Waals surface area contributed by atoms with Crippen molar-refractivity contribution in [3.8, 4) is 0 Å². The van der Waals surface area contributed by atoms with E-state index in [0.717, 1.165) is 17.3 Å². The Hall–Kier alpha value is -1.61. The van der Waals surface area contributed by atoms with E-state index in [9.17, 15) is 4.79 Å². The zero-order chi connectivity index (χ0) is 23.0. The molecule has 0 aliphatic heterocycles. The number of hydrogen-bond acceptors (Lipinski definition) is 1. The molecule has 1 N–H and O–H groups in total. The molecule has 176 valence electrons. The molecule has 1 amide bonds. The molecule has 0 aromatic heterocycles. The second-order valence-electron chi connectivity index (χ2n) is 9.79. The predicted molar refractivity (Wildman–Crippen MR) is 135 cm³/mol. The smallest absolute Gasteiger partial charge is 0.246 e. The van der Waals surface area contributed by atoms with Crippen LogP contribution in [0.2, 0.25) is 0 Å². The number of hydrogen-bond donors (Lipinski definition) is 1. The summed E-state index contributed by atoms with van der Waals surface area (Å²) < 4.78 is 1.01. The number of carbonyl (C=O) groups excluding carboxylic acids is 1. The van der Waals surface area contributed by atoms with Gasteiger partial charge in [-0.05, 0) is 26.2 Å². The molecule has 0 radical (unpaired) electrons. The van der Waals surface area contributed by atoms with Gasteiger partial charge in [-0.15, -0.1) is 0 Å². The molecule has 1 aromatic carbocycles.